The Morgan fingerprint density at radius 2 is 1.83 bits per heavy atom. The van der Waals surface area contributed by atoms with Crippen molar-refractivity contribution in [3.63, 3.8) is 0 Å². The third-order valence-electron chi connectivity index (χ3n) is 4.24. The molecular weight excluding hydrogens is 444 g/mol. The van der Waals surface area contributed by atoms with Gasteiger partial charge in [-0.2, -0.15) is 0 Å². The summed E-state index contributed by atoms with van der Waals surface area (Å²) in [7, 11) is -3.80. The molecule has 1 heterocycles. The lowest BCUT2D eigenvalue weighted by Gasteiger charge is -2.13. The minimum absolute atomic E-state index is 0.0706. The predicted molar refractivity (Wildman–Crippen MR) is 120 cm³/mol. The number of aryl methyl sites for hydroxylation is 1. The number of sulfonamides is 1. The Hall–Kier alpha value is -2.13. The van der Waals surface area contributed by atoms with E-state index in [1.165, 1.54) is 17.4 Å². The highest BCUT2D eigenvalue weighted by Gasteiger charge is 2.22. The average Bonchev–Trinajstić information content (AvgIpc) is 3.08. The molecule has 30 heavy (non-hydrogen) atoms. The number of halogens is 1. The van der Waals surface area contributed by atoms with Crippen molar-refractivity contribution in [1.29, 1.82) is 0 Å². The largest absolute Gasteiger partial charge is 0.494 e. The highest BCUT2D eigenvalue weighted by atomic mass is 35.5. The molecule has 0 fully saturated rings. The molecule has 9 heteroatoms. The second-order valence-corrected chi connectivity index (χ2v) is 9.53. The number of nitrogens with zero attached hydrogens (tertiary/aromatic N) is 1. The number of thiazole rings is 1. The molecule has 3 aromatic rings. The van der Waals surface area contributed by atoms with E-state index in [-0.39, 0.29) is 17.2 Å². The van der Waals surface area contributed by atoms with Crippen LogP contribution in [-0.4, -0.2) is 26.6 Å². The van der Waals surface area contributed by atoms with Gasteiger partial charge < -0.3 is 9.47 Å². The summed E-state index contributed by atoms with van der Waals surface area (Å²) in [5.74, 6) is 0.816. The van der Waals surface area contributed by atoms with E-state index >= 15 is 0 Å². The molecule has 2 aromatic carbocycles. The molecule has 3 rings (SSSR count). The fourth-order valence-corrected chi connectivity index (χ4v) is 5.35. The molecule has 0 saturated carbocycles. The molecular formula is C21H23ClN2O4S2. The first-order valence-corrected chi connectivity index (χ1v) is 12.1. The first-order valence-electron chi connectivity index (χ1n) is 9.46. The van der Waals surface area contributed by atoms with Gasteiger partial charge in [0.15, 0.2) is 0 Å². The number of rotatable bonds is 9. The van der Waals surface area contributed by atoms with Crippen LogP contribution in [0.3, 0.4) is 0 Å². The molecule has 0 amide bonds. The summed E-state index contributed by atoms with van der Waals surface area (Å²) in [5.41, 5.74) is 1.58. The zero-order valence-corrected chi connectivity index (χ0v) is 19.3. The van der Waals surface area contributed by atoms with Gasteiger partial charge in [-0.05, 0) is 39.0 Å². The number of ether oxygens (including phenoxy) is 2. The number of benzene rings is 2. The van der Waals surface area contributed by atoms with E-state index in [0.29, 0.717) is 24.0 Å². The zero-order chi connectivity index (χ0) is 21.7. The van der Waals surface area contributed by atoms with E-state index in [2.05, 4.69) is 9.71 Å². The minimum Gasteiger partial charge on any atom is -0.494 e. The Morgan fingerprint density at radius 1 is 1.10 bits per heavy atom. The lowest BCUT2D eigenvalue weighted by molar-refractivity contribution is 0.317. The van der Waals surface area contributed by atoms with Crippen molar-refractivity contribution in [3.8, 4) is 22.1 Å². The highest BCUT2D eigenvalue weighted by molar-refractivity contribution is 7.89. The van der Waals surface area contributed by atoms with Crippen LogP contribution in [0.5, 0.6) is 11.5 Å². The third-order valence-corrected chi connectivity index (χ3v) is 7.20. The van der Waals surface area contributed by atoms with Crippen molar-refractivity contribution in [1.82, 2.24) is 9.71 Å². The predicted octanol–water partition coefficient (Wildman–Crippen LogP) is 5.05. The maximum absolute atomic E-state index is 12.9. The van der Waals surface area contributed by atoms with Crippen LogP contribution in [0, 0.1) is 6.92 Å². The van der Waals surface area contributed by atoms with Crippen molar-refractivity contribution >= 4 is 33.0 Å². The number of aromatic nitrogens is 1. The van der Waals surface area contributed by atoms with Crippen LogP contribution in [0.2, 0.25) is 5.02 Å². The number of hydrogen-bond acceptors (Lipinski definition) is 6. The second-order valence-electron chi connectivity index (χ2n) is 6.31. The van der Waals surface area contributed by atoms with Crippen LogP contribution in [0.4, 0.5) is 0 Å². The quantitative estimate of drug-likeness (QED) is 0.477. The summed E-state index contributed by atoms with van der Waals surface area (Å²) in [4.78, 5) is 5.44. The smallest absolute Gasteiger partial charge is 0.244 e. The second kappa shape index (κ2) is 9.78. The van der Waals surface area contributed by atoms with Crippen LogP contribution in [-0.2, 0) is 16.6 Å². The van der Waals surface area contributed by atoms with E-state index in [9.17, 15) is 8.42 Å². The van der Waals surface area contributed by atoms with E-state index in [1.807, 2.05) is 32.0 Å². The third kappa shape index (κ3) is 5.13. The molecule has 0 aliphatic carbocycles. The van der Waals surface area contributed by atoms with E-state index in [4.69, 9.17) is 21.1 Å². The summed E-state index contributed by atoms with van der Waals surface area (Å²) >= 11 is 7.68. The maximum Gasteiger partial charge on any atom is 0.244 e. The zero-order valence-electron chi connectivity index (χ0n) is 16.9. The minimum atomic E-state index is -3.80. The van der Waals surface area contributed by atoms with Crippen molar-refractivity contribution in [3.05, 3.63) is 58.1 Å². The normalized spacial score (nSPS) is 11.5. The summed E-state index contributed by atoms with van der Waals surface area (Å²) in [6, 6.07) is 12.1. The molecule has 6 nitrogen and oxygen atoms in total. The van der Waals surface area contributed by atoms with Gasteiger partial charge >= 0.3 is 0 Å². The van der Waals surface area contributed by atoms with Gasteiger partial charge in [-0.3, -0.25) is 0 Å². The average molecular weight is 467 g/mol. The number of nitrogens with one attached hydrogen (secondary N) is 1. The monoisotopic (exact) mass is 466 g/mol. The Kier molecular flexibility index (Phi) is 7.36. The molecule has 0 spiro atoms. The topological polar surface area (TPSA) is 77.5 Å². The van der Waals surface area contributed by atoms with Crippen LogP contribution >= 0.6 is 22.9 Å². The van der Waals surface area contributed by atoms with Gasteiger partial charge in [0.1, 0.15) is 21.4 Å². The molecule has 0 aliphatic rings. The fraction of sp³-hybridized carbons (Fsp3) is 0.286. The Labute approximate surface area is 185 Å². The molecule has 0 aliphatic heterocycles. The van der Waals surface area contributed by atoms with Crippen LogP contribution < -0.4 is 14.2 Å². The van der Waals surface area contributed by atoms with Crippen molar-refractivity contribution in [2.45, 2.75) is 32.2 Å². The van der Waals surface area contributed by atoms with Gasteiger partial charge in [-0.1, -0.05) is 29.8 Å². The Balaban J connectivity index is 1.83. The first kappa shape index (κ1) is 22.6. The van der Waals surface area contributed by atoms with Gasteiger partial charge in [0.05, 0.1) is 23.9 Å². The van der Waals surface area contributed by atoms with Crippen LogP contribution in [0.15, 0.2) is 47.4 Å². The number of hydrogen-bond donors (Lipinski definition) is 1. The summed E-state index contributed by atoms with van der Waals surface area (Å²) < 4.78 is 39.5. The van der Waals surface area contributed by atoms with Crippen molar-refractivity contribution < 1.29 is 17.9 Å². The van der Waals surface area contributed by atoms with E-state index in [1.54, 1.807) is 25.1 Å². The van der Waals surface area contributed by atoms with Gasteiger partial charge in [-0.15, -0.1) is 11.3 Å². The summed E-state index contributed by atoms with van der Waals surface area (Å²) in [6.45, 7) is 6.45. The molecule has 0 bridgehead atoms. The lowest BCUT2D eigenvalue weighted by Crippen LogP contribution is -2.23. The van der Waals surface area contributed by atoms with Crippen LogP contribution in [0.1, 0.15) is 24.4 Å². The molecule has 0 unspecified atom stereocenters. The fourth-order valence-electron chi connectivity index (χ4n) is 2.82. The van der Waals surface area contributed by atoms with Crippen LogP contribution in [0.25, 0.3) is 10.6 Å². The van der Waals surface area contributed by atoms with Gasteiger partial charge in [0.2, 0.25) is 10.0 Å². The highest BCUT2D eigenvalue weighted by Crippen LogP contribution is 2.33. The van der Waals surface area contributed by atoms with Crippen molar-refractivity contribution in [2.75, 3.05) is 13.2 Å². The summed E-state index contributed by atoms with van der Waals surface area (Å²) in [6.07, 6.45) is 0. The lowest BCUT2D eigenvalue weighted by atomic mass is 10.2. The Morgan fingerprint density at radius 3 is 2.53 bits per heavy atom. The van der Waals surface area contributed by atoms with E-state index < -0.39 is 10.0 Å². The molecule has 0 radical (unpaired) electrons. The molecule has 1 N–H and O–H groups in total. The Bertz CT molecular complexity index is 1130. The van der Waals surface area contributed by atoms with Gasteiger partial charge in [0, 0.05) is 23.1 Å². The van der Waals surface area contributed by atoms with Gasteiger partial charge in [-0.25, -0.2) is 18.1 Å². The van der Waals surface area contributed by atoms with E-state index in [0.717, 1.165) is 21.1 Å². The van der Waals surface area contributed by atoms with Crippen molar-refractivity contribution in [2.24, 2.45) is 0 Å². The summed E-state index contributed by atoms with van der Waals surface area (Å²) in [5, 5.41) is 1.36. The SMILES string of the molecule is CCOc1ccc(S(=O)(=O)NCc2sc(-c3ccccc3Cl)nc2C)c(OCC)c1. The standard InChI is InChI=1S/C21H23ClN2O4S2/c1-4-27-15-10-11-20(18(12-15)28-5-2)30(25,26)23-13-19-14(3)24-21(29-19)16-8-6-7-9-17(16)22/h6-12,23H,4-5,13H2,1-3H3. The first-order chi connectivity index (χ1) is 14.4. The molecule has 160 valence electrons. The van der Waals surface area contributed by atoms with Gasteiger partial charge in [0.25, 0.3) is 0 Å². The molecule has 1 aromatic heterocycles. The molecule has 0 saturated heterocycles. The molecule has 0 atom stereocenters. The maximum atomic E-state index is 12.9.